The van der Waals surface area contributed by atoms with Crippen molar-refractivity contribution in [2.45, 2.75) is 24.2 Å². The molecule has 1 aliphatic rings. The highest BCUT2D eigenvalue weighted by Crippen LogP contribution is 2.27. The predicted octanol–water partition coefficient (Wildman–Crippen LogP) is 3.47. The fraction of sp³-hybridized carbons (Fsp3) is 0.278. The van der Waals surface area contributed by atoms with Crippen molar-refractivity contribution < 1.29 is 18.3 Å². The number of sulfonamides is 1. The number of nitrogens with one attached hydrogen (secondary N) is 1. The molecule has 3 rings (SSSR count). The van der Waals surface area contributed by atoms with Gasteiger partial charge in [-0.1, -0.05) is 18.0 Å². The molecule has 1 amide bonds. The molecule has 0 radical (unpaired) electrons. The highest BCUT2D eigenvalue weighted by molar-refractivity contribution is 7.89. The van der Waals surface area contributed by atoms with Gasteiger partial charge in [-0.15, -0.1) is 0 Å². The molecule has 2 N–H and O–H groups in total. The number of nitrogens with zero attached hydrogens (tertiary/aromatic N) is 1. The Morgan fingerprint density at radius 1 is 1.04 bits per heavy atom. The lowest BCUT2D eigenvalue weighted by Gasteiger charge is -2.25. The van der Waals surface area contributed by atoms with E-state index in [0.717, 1.165) is 19.3 Å². The van der Waals surface area contributed by atoms with Crippen molar-refractivity contribution in [3.63, 3.8) is 0 Å². The van der Waals surface area contributed by atoms with E-state index in [1.54, 1.807) is 0 Å². The maximum Gasteiger partial charge on any atom is 0.255 e. The summed E-state index contributed by atoms with van der Waals surface area (Å²) >= 11 is 5.86. The SMILES string of the molecule is O=C(Nc1cc(Cl)ccc1O)c1ccc(S(=O)(=O)N2CCCCC2)cc1. The van der Waals surface area contributed by atoms with Crippen LogP contribution in [0.25, 0.3) is 0 Å². The Morgan fingerprint density at radius 2 is 1.69 bits per heavy atom. The zero-order valence-corrected chi connectivity index (χ0v) is 15.6. The Morgan fingerprint density at radius 3 is 2.35 bits per heavy atom. The minimum Gasteiger partial charge on any atom is -0.506 e. The molecular formula is C18H19ClN2O4S. The number of hydrogen-bond donors (Lipinski definition) is 2. The van der Waals surface area contributed by atoms with Crippen LogP contribution in [-0.2, 0) is 10.0 Å². The number of carbonyl (C=O) groups excluding carboxylic acids is 1. The zero-order chi connectivity index (χ0) is 18.7. The van der Waals surface area contributed by atoms with Crippen molar-refractivity contribution in [2.24, 2.45) is 0 Å². The van der Waals surface area contributed by atoms with Crippen molar-refractivity contribution in [1.29, 1.82) is 0 Å². The van der Waals surface area contributed by atoms with E-state index < -0.39 is 15.9 Å². The first kappa shape index (κ1) is 18.7. The molecule has 2 aromatic carbocycles. The van der Waals surface area contributed by atoms with Crippen LogP contribution in [0, 0.1) is 0 Å². The monoisotopic (exact) mass is 394 g/mol. The summed E-state index contributed by atoms with van der Waals surface area (Å²) in [5.74, 6) is -0.573. The van der Waals surface area contributed by atoms with E-state index in [0.29, 0.717) is 18.1 Å². The van der Waals surface area contributed by atoms with Crippen LogP contribution in [0.3, 0.4) is 0 Å². The Balaban J connectivity index is 1.76. The number of piperidine rings is 1. The maximum atomic E-state index is 12.6. The van der Waals surface area contributed by atoms with E-state index in [1.807, 2.05) is 0 Å². The first-order valence-electron chi connectivity index (χ1n) is 8.28. The normalized spacial score (nSPS) is 15.6. The summed E-state index contributed by atoms with van der Waals surface area (Å²) in [4.78, 5) is 12.5. The average molecular weight is 395 g/mol. The largest absolute Gasteiger partial charge is 0.506 e. The molecule has 138 valence electrons. The minimum atomic E-state index is -3.53. The summed E-state index contributed by atoms with van der Waals surface area (Å²) < 4.78 is 26.7. The summed E-state index contributed by atoms with van der Waals surface area (Å²) in [6.45, 7) is 1.05. The molecule has 1 aliphatic heterocycles. The third kappa shape index (κ3) is 4.00. The summed E-state index contributed by atoms with van der Waals surface area (Å²) in [5, 5.41) is 12.7. The van der Waals surface area contributed by atoms with Crippen molar-refractivity contribution in [2.75, 3.05) is 18.4 Å². The number of phenolic OH excluding ortho intramolecular Hbond substituents is 1. The summed E-state index contributed by atoms with van der Waals surface area (Å²) in [7, 11) is -3.53. The molecule has 0 unspecified atom stereocenters. The molecular weight excluding hydrogens is 376 g/mol. The van der Waals surface area contributed by atoms with Gasteiger partial charge < -0.3 is 10.4 Å². The molecule has 0 aliphatic carbocycles. The molecule has 0 aromatic heterocycles. The van der Waals surface area contributed by atoms with Gasteiger partial charge in [0.2, 0.25) is 10.0 Å². The quantitative estimate of drug-likeness (QED) is 0.777. The van der Waals surface area contributed by atoms with Crippen LogP contribution < -0.4 is 5.32 Å². The Hall–Kier alpha value is -2.09. The second-order valence-electron chi connectivity index (χ2n) is 6.10. The molecule has 0 atom stereocenters. The Bertz CT molecular complexity index is 907. The molecule has 1 heterocycles. The van der Waals surface area contributed by atoms with Gasteiger partial charge in [-0.05, 0) is 55.3 Å². The van der Waals surface area contributed by atoms with E-state index in [9.17, 15) is 18.3 Å². The number of rotatable bonds is 4. The minimum absolute atomic E-state index is 0.105. The Labute approximate surface area is 157 Å². The van der Waals surface area contributed by atoms with Gasteiger partial charge in [0.05, 0.1) is 10.6 Å². The highest BCUT2D eigenvalue weighted by atomic mass is 35.5. The van der Waals surface area contributed by atoms with Crippen molar-refractivity contribution >= 4 is 33.2 Å². The summed E-state index contributed by atoms with van der Waals surface area (Å²) in [6.07, 6.45) is 2.77. The van der Waals surface area contributed by atoms with E-state index in [4.69, 9.17) is 11.6 Å². The molecule has 0 bridgehead atoms. The lowest BCUT2D eigenvalue weighted by molar-refractivity contribution is 0.102. The first-order chi connectivity index (χ1) is 12.4. The second-order valence-corrected chi connectivity index (χ2v) is 8.48. The van der Waals surface area contributed by atoms with Gasteiger partial charge in [0.1, 0.15) is 5.75 Å². The van der Waals surface area contributed by atoms with Crippen LogP contribution >= 0.6 is 11.6 Å². The third-order valence-corrected chi connectivity index (χ3v) is 6.42. The van der Waals surface area contributed by atoms with Crippen LogP contribution in [0.15, 0.2) is 47.4 Å². The molecule has 1 fully saturated rings. The van der Waals surface area contributed by atoms with Gasteiger partial charge in [0, 0.05) is 23.7 Å². The van der Waals surface area contributed by atoms with Gasteiger partial charge >= 0.3 is 0 Å². The summed E-state index contributed by atoms with van der Waals surface area (Å²) in [6, 6.07) is 10.1. The molecule has 1 saturated heterocycles. The fourth-order valence-corrected chi connectivity index (χ4v) is 4.52. The van der Waals surface area contributed by atoms with E-state index in [2.05, 4.69) is 5.32 Å². The first-order valence-corrected chi connectivity index (χ1v) is 10.1. The topological polar surface area (TPSA) is 86.7 Å². The maximum absolute atomic E-state index is 12.6. The van der Waals surface area contributed by atoms with Gasteiger partial charge in [-0.3, -0.25) is 4.79 Å². The zero-order valence-electron chi connectivity index (χ0n) is 14.0. The number of hydrogen-bond acceptors (Lipinski definition) is 4. The molecule has 26 heavy (non-hydrogen) atoms. The average Bonchev–Trinajstić information content (AvgIpc) is 2.65. The molecule has 0 spiro atoms. The number of halogens is 1. The van der Waals surface area contributed by atoms with Gasteiger partial charge in [0.15, 0.2) is 0 Å². The van der Waals surface area contributed by atoms with Gasteiger partial charge in [-0.25, -0.2) is 8.42 Å². The lowest BCUT2D eigenvalue weighted by atomic mass is 10.2. The second kappa shape index (κ2) is 7.65. The molecule has 8 heteroatoms. The number of benzene rings is 2. The molecule has 2 aromatic rings. The van der Waals surface area contributed by atoms with Gasteiger partial charge in [0.25, 0.3) is 5.91 Å². The predicted molar refractivity (Wildman–Crippen MR) is 100 cm³/mol. The van der Waals surface area contributed by atoms with Crippen LogP contribution in [-0.4, -0.2) is 36.8 Å². The van der Waals surface area contributed by atoms with E-state index in [1.165, 1.54) is 46.8 Å². The van der Waals surface area contributed by atoms with Crippen LogP contribution in [0.2, 0.25) is 5.02 Å². The van der Waals surface area contributed by atoms with Crippen molar-refractivity contribution in [3.8, 4) is 5.75 Å². The fourth-order valence-electron chi connectivity index (χ4n) is 2.84. The third-order valence-electron chi connectivity index (χ3n) is 4.28. The van der Waals surface area contributed by atoms with Gasteiger partial charge in [-0.2, -0.15) is 4.31 Å². The van der Waals surface area contributed by atoms with Crippen LogP contribution in [0.1, 0.15) is 29.6 Å². The Kier molecular flexibility index (Phi) is 5.50. The van der Waals surface area contributed by atoms with Crippen LogP contribution in [0.4, 0.5) is 5.69 Å². The number of aromatic hydroxyl groups is 1. The molecule has 6 nitrogen and oxygen atoms in total. The number of phenols is 1. The van der Waals surface area contributed by atoms with E-state index in [-0.39, 0.29) is 21.9 Å². The smallest absolute Gasteiger partial charge is 0.255 e. The summed E-state index contributed by atoms with van der Waals surface area (Å²) in [5.41, 5.74) is 0.467. The lowest BCUT2D eigenvalue weighted by Crippen LogP contribution is -2.35. The van der Waals surface area contributed by atoms with Crippen molar-refractivity contribution in [1.82, 2.24) is 4.31 Å². The standard InChI is InChI=1S/C18H19ClN2O4S/c19-14-6-9-17(22)16(12-14)20-18(23)13-4-7-15(8-5-13)26(24,25)21-10-2-1-3-11-21/h4-9,12,22H,1-3,10-11H2,(H,20,23). The van der Waals surface area contributed by atoms with E-state index >= 15 is 0 Å². The van der Waals surface area contributed by atoms with Crippen molar-refractivity contribution in [3.05, 3.63) is 53.1 Å². The molecule has 0 saturated carbocycles. The number of carbonyl (C=O) groups is 1. The number of amides is 1. The number of anilines is 1. The highest BCUT2D eigenvalue weighted by Gasteiger charge is 2.26. The van der Waals surface area contributed by atoms with Crippen LogP contribution in [0.5, 0.6) is 5.75 Å².